The first kappa shape index (κ1) is 19.4. The Kier molecular flexibility index (Phi) is 5.98. The van der Waals surface area contributed by atoms with Crippen molar-refractivity contribution in [1.29, 1.82) is 0 Å². The summed E-state index contributed by atoms with van der Waals surface area (Å²) in [4.78, 5) is 23.4. The Labute approximate surface area is 155 Å². The minimum Gasteiger partial charge on any atom is -0.504 e. The van der Waals surface area contributed by atoms with Crippen LogP contribution in [0.4, 0.5) is 5.69 Å². The molecule has 0 aliphatic carbocycles. The highest BCUT2D eigenvalue weighted by molar-refractivity contribution is 7.80. The number of hydrogen-bond acceptors (Lipinski definition) is 7. The third-order valence-corrected chi connectivity index (χ3v) is 3.98. The molecule has 0 radical (unpaired) electrons. The quantitative estimate of drug-likeness (QED) is 0.293. The summed E-state index contributed by atoms with van der Waals surface area (Å²) in [6.45, 7) is 7.33. The number of nitro groups is 1. The van der Waals surface area contributed by atoms with Crippen LogP contribution >= 0.6 is 12.2 Å². The first-order chi connectivity index (χ1) is 12.3. The van der Waals surface area contributed by atoms with Crippen molar-refractivity contribution in [2.24, 2.45) is 5.92 Å². The summed E-state index contributed by atoms with van der Waals surface area (Å²) in [6.07, 6.45) is 0. The highest BCUT2D eigenvalue weighted by atomic mass is 32.1. The largest absolute Gasteiger partial charge is 0.504 e. The highest BCUT2D eigenvalue weighted by Crippen LogP contribution is 2.44. The molecule has 140 valence electrons. The van der Waals surface area contributed by atoms with Crippen LogP contribution < -0.4 is 15.4 Å². The number of carbonyl (C=O) groups is 1. The zero-order valence-electron chi connectivity index (χ0n) is 14.3. The molecule has 0 aromatic heterocycles. The number of thiocarbonyl (C=S) groups is 1. The molecule has 2 rings (SSSR count). The first-order valence-electron chi connectivity index (χ1n) is 7.87. The Bertz CT molecular complexity index is 767. The minimum absolute atomic E-state index is 0.115. The molecule has 1 fully saturated rings. The van der Waals surface area contributed by atoms with E-state index in [1.165, 1.54) is 12.1 Å². The van der Waals surface area contributed by atoms with Crippen molar-refractivity contribution < 1.29 is 24.3 Å². The van der Waals surface area contributed by atoms with Gasteiger partial charge in [-0.1, -0.05) is 6.58 Å². The Balaban J connectivity index is 2.63. The molecule has 1 heterocycles. The lowest BCUT2D eigenvalue weighted by molar-refractivity contribution is -0.386. The number of benzene rings is 1. The van der Waals surface area contributed by atoms with E-state index in [1.54, 1.807) is 13.8 Å². The van der Waals surface area contributed by atoms with Gasteiger partial charge in [-0.2, -0.15) is 0 Å². The molecule has 26 heavy (non-hydrogen) atoms. The Morgan fingerprint density at radius 1 is 1.42 bits per heavy atom. The third kappa shape index (κ3) is 3.69. The number of aromatic hydroxyl groups is 1. The van der Waals surface area contributed by atoms with Crippen molar-refractivity contribution in [2.75, 3.05) is 13.2 Å². The molecule has 2 atom stereocenters. The average molecular weight is 381 g/mol. The third-order valence-electron chi connectivity index (χ3n) is 3.76. The Morgan fingerprint density at radius 2 is 2.12 bits per heavy atom. The number of ether oxygens (including phenoxy) is 2. The lowest BCUT2D eigenvalue weighted by Crippen LogP contribution is -2.51. The monoisotopic (exact) mass is 381 g/mol. The number of nitrogens with one attached hydrogen (secondary N) is 2. The fourth-order valence-corrected chi connectivity index (χ4v) is 3.01. The Hall–Kier alpha value is -2.88. The van der Waals surface area contributed by atoms with Gasteiger partial charge in [0.2, 0.25) is 5.75 Å². The first-order valence-corrected chi connectivity index (χ1v) is 8.28. The molecule has 0 bridgehead atoms. The molecule has 1 aromatic rings. The van der Waals surface area contributed by atoms with E-state index in [4.69, 9.17) is 21.7 Å². The standard InChI is InChI=1S/C16H19N3O6S/c1-4-24-14-10(20)7-6-9(13(14)19(22)23)12-11(15(21)25-5-2)8(3)17-16(26)18-12/h6-7,11-12,20H,3-5H2,1-2H3,(H2,17,18,26)/t11-,12-/m0/s1. The van der Waals surface area contributed by atoms with Gasteiger partial charge >= 0.3 is 11.7 Å². The predicted molar refractivity (Wildman–Crippen MR) is 96.8 cm³/mol. The zero-order valence-corrected chi connectivity index (χ0v) is 15.1. The second-order valence-electron chi connectivity index (χ2n) is 5.37. The second kappa shape index (κ2) is 8.00. The topological polar surface area (TPSA) is 123 Å². The number of phenols is 1. The molecule has 0 unspecified atom stereocenters. The number of phenolic OH excluding ortho intramolecular Hbond substituents is 1. The lowest BCUT2D eigenvalue weighted by Gasteiger charge is -2.34. The van der Waals surface area contributed by atoms with E-state index in [2.05, 4.69) is 17.2 Å². The van der Waals surface area contributed by atoms with Gasteiger partial charge < -0.3 is 25.2 Å². The fourth-order valence-electron chi connectivity index (χ4n) is 2.75. The van der Waals surface area contributed by atoms with E-state index < -0.39 is 28.5 Å². The van der Waals surface area contributed by atoms with Crippen LogP contribution in [-0.2, 0) is 9.53 Å². The van der Waals surface area contributed by atoms with Crippen LogP contribution in [0.3, 0.4) is 0 Å². The van der Waals surface area contributed by atoms with Crippen LogP contribution in [-0.4, -0.2) is 34.3 Å². The molecule has 0 amide bonds. The number of carbonyl (C=O) groups excluding carboxylic acids is 1. The van der Waals surface area contributed by atoms with E-state index >= 15 is 0 Å². The number of nitrogens with zero attached hydrogens (tertiary/aromatic N) is 1. The minimum atomic E-state index is -0.959. The van der Waals surface area contributed by atoms with Gasteiger partial charge in [0.15, 0.2) is 10.9 Å². The van der Waals surface area contributed by atoms with Crippen molar-refractivity contribution in [3.8, 4) is 11.5 Å². The van der Waals surface area contributed by atoms with Gasteiger partial charge in [0, 0.05) is 5.70 Å². The van der Waals surface area contributed by atoms with Crippen molar-refractivity contribution in [3.05, 3.63) is 40.1 Å². The van der Waals surface area contributed by atoms with Gasteiger partial charge in [0.1, 0.15) is 5.92 Å². The molecule has 10 heteroatoms. The summed E-state index contributed by atoms with van der Waals surface area (Å²) < 4.78 is 10.3. The van der Waals surface area contributed by atoms with Gasteiger partial charge in [-0.25, -0.2) is 0 Å². The van der Waals surface area contributed by atoms with Crippen LogP contribution in [0, 0.1) is 16.0 Å². The molecule has 0 spiro atoms. The van der Waals surface area contributed by atoms with Gasteiger partial charge in [0.25, 0.3) is 0 Å². The average Bonchev–Trinajstić information content (AvgIpc) is 2.55. The van der Waals surface area contributed by atoms with Crippen molar-refractivity contribution >= 4 is 29.0 Å². The molecular weight excluding hydrogens is 362 g/mol. The number of rotatable bonds is 6. The molecule has 1 aliphatic heterocycles. The summed E-state index contributed by atoms with van der Waals surface area (Å²) in [6, 6.07) is 1.71. The smallest absolute Gasteiger partial charge is 0.320 e. The van der Waals surface area contributed by atoms with E-state index in [0.717, 1.165) is 0 Å². The zero-order chi connectivity index (χ0) is 19.4. The van der Waals surface area contributed by atoms with Gasteiger partial charge in [0.05, 0.1) is 29.7 Å². The maximum absolute atomic E-state index is 12.4. The van der Waals surface area contributed by atoms with E-state index in [-0.39, 0.29) is 41.1 Å². The van der Waals surface area contributed by atoms with E-state index in [0.29, 0.717) is 0 Å². The van der Waals surface area contributed by atoms with Crippen LogP contribution in [0.25, 0.3) is 0 Å². The number of nitro benzene ring substituents is 1. The van der Waals surface area contributed by atoms with Crippen LogP contribution in [0.2, 0.25) is 0 Å². The molecule has 3 N–H and O–H groups in total. The van der Waals surface area contributed by atoms with E-state index in [9.17, 15) is 20.0 Å². The SMILES string of the molecule is C=C1NC(=S)N[C@@H](c2ccc(O)c(OCC)c2[N+](=O)[O-])[C@H]1C(=O)OCC. The number of esters is 1. The van der Waals surface area contributed by atoms with Crippen LogP contribution in [0.5, 0.6) is 11.5 Å². The summed E-state index contributed by atoms with van der Waals surface area (Å²) in [5.74, 6) is -2.20. The fraction of sp³-hybridized carbons (Fsp3) is 0.375. The maximum Gasteiger partial charge on any atom is 0.320 e. The van der Waals surface area contributed by atoms with Gasteiger partial charge in [-0.15, -0.1) is 0 Å². The summed E-state index contributed by atoms with van der Waals surface area (Å²) in [5.41, 5.74) is -0.0621. The Morgan fingerprint density at radius 3 is 2.69 bits per heavy atom. The second-order valence-corrected chi connectivity index (χ2v) is 5.78. The van der Waals surface area contributed by atoms with Gasteiger partial charge in [-0.3, -0.25) is 14.9 Å². The predicted octanol–water partition coefficient (Wildman–Crippen LogP) is 1.91. The van der Waals surface area contributed by atoms with Crippen LogP contribution in [0.15, 0.2) is 24.4 Å². The van der Waals surface area contributed by atoms with E-state index in [1.807, 2.05) is 0 Å². The number of hydrogen-bond donors (Lipinski definition) is 3. The molecular formula is C16H19N3O6S. The van der Waals surface area contributed by atoms with Crippen molar-refractivity contribution in [1.82, 2.24) is 10.6 Å². The highest BCUT2D eigenvalue weighted by Gasteiger charge is 2.42. The molecule has 9 nitrogen and oxygen atoms in total. The van der Waals surface area contributed by atoms with Crippen LogP contribution in [0.1, 0.15) is 25.5 Å². The molecule has 1 aromatic carbocycles. The molecule has 1 saturated heterocycles. The molecule has 1 aliphatic rings. The maximum atomic E-state index is 12.4. The summed E-state index contributed by atoms with van der Waals surface area (Å²) in [7, 11) is 0. The molecule has 0 saturated carbocycles. The summed E-state index contributed by atoms with van der Waals surface area (Å²) in [5, 5.41) is 27.4. The normalized spacial score (nSPS) is 19.3. The van der Waals surface area contributed by atoms with Crippen molar-refractivity contribution in [2.45, 2.75) is 19.9 Å². The van der Waals surface area contributed by atoms with Gasteiger partial charge in [-0.05, 0) is 38.2 Å². The lowest BCUT2D eigenvalue weighted by atomic mass is 9.88. The van der Waals surface area contributed by atoms with Crippen molar-refractivity contribution in [3.63, 3.8) is 0 Å². The summed E-state index contributed by atoms with van der Waals surface area (Å²) >= 11 is 5.10.